The third-order valence-electron chi connectivity index (χ3n) is 6.85. The molecule has 6 heteroatoms. The summed E-state index contributed by atoms with van der Waals surface area (Å²) in [5.41, 5.74) is 8.90. The van der Waals surface area contributed by atoms with Crippen molar-refractivity contribution in [2.24, 2.45) is 0 Å². The number of nitrogens with one attached hydrogen (secondary N) is 2. The minimum absolute atomic E-state index is 0.293. The van der Waals surface area contributed by atoms with Crippen LogP contribution in [0.15, 0.2) is 49.1 Å². The van der Waals surface area contributed by atoms with Crippen molar-refractivity contribution in [1.82, 2.24) is 19.9 Å². The summed E-state index contributed by atoms with van der Waals surface area (Å²) in [6, 6.07) is 9.05. The maximum absolute atomic E-state index is 4.84. The summed E-state index contributed by atoms with van der Waals surface area (Å²) in [5.74, 6) is 0.293. The lowest BCUT2D eigenvalue weighted by molar-refractivity contribution is 0.180. The molecule has 2 unspecified atom stereocenters. The standard InChI is InChI=1S/C24H26N6/c1-2-17-15-30(11-6-21(17)26-7-1)18-12-16-3-9-28-24(23(16)29-13-18)19-4-10-27-22-5-8-25-14-20(19)22/h1-3,5,7-9,14,18-19,27,29H,4,6,10-13,15H2. The van der Waals surface area contributed by atoms with E-state index >= 15 is 0 Å². The summed E-state index contributed by atoms with van der Waals surface area (Å²) < 4.78 is 0. The Labute approximate surface area is 176 Å². The third-order valence-corrected chi connectivity index (χ3v) is 6.85. The third kappa shape index (κ3) is 3.03. The molecule has 3 aromatic heterocycles. The molecule has 0 bridgehead atoms. The zero-order valence-electron chi connectivity index (χ0n) is 17.0. The molecule has 0 saturated heterocycles. The molecule has 2 N–H and O–H groups in total. The van der Waals surface area contributed by atoms with E-state index in [0.717, 1.165) is 45.4 Å². The Balaban J connectivity index is 1.27. The van der Waals surface area contributed by atoms with E-state index in [0.29, 0.717) is 12.0 Å². The highest BCUT2D eigenvalue weighted by atomic mass is 15.2. The fourth-order valence-corrected chi connectivity index (χ4v) is 5.30. The summed E-state index contributed by atoms with van der Waals surface area (Å²) in [4.78, 5) is 16.4. The quantitative estimate of drug-likeness (QED) is 0.691. The molecule has 0 aromatic carbocycles. The molecule has 6 heterocycles. The van der Waals surface area contributed by atoms with Crippen molar-refractivity contribution in [2.75, 3.05) is 30.3 Å². The molecule has 3 aliphatic heterocycles. The van der Waals surface area contributed by atoms with Crippen molar-refractivity contribution in [3.8, 4) is 0 Å². The average Bonchev–Trinajstić information content (AvgIpc) is 2.82. The van der Waals surface area contributed by atoms with Gasteiger partial charge in [-0.3, -0.25) is 19.9 Å². The highest BCUT2D eigenvalue weighted by molar-refractivity contribution is 5.63. The molecule has 3 aromatic rings. The zero-order valence-corrected chi connectivity index (χ0v) is 17.0. The molecular weight excluding hydrogens is 372 g/mol. The molecule has 0 aliphatic carbocycles. The van der Waals surface area contributed by atoms with E-state index in [1.807, 2.05) is 24.8 Å². The van der Waals surface area contributed by atoms with Crippen LogP contribution in [0.5, 0.6) is 0 Å². The molecule has 0 amide bonds. The van der Waals surface area contributed by atoms with Crippen LogP contribution in [0.3, 0.4) is 0 Å². The fourth-order valence-electron chi connectivity index (χ4n) is 5.30. The molecular formula is C24H26N6. The number of hydrogen-bond donors (Lipinski definition) is 2. The van der Waals surface area contributed by atoms with Crippen LogP contribution >= 0.6 is 0 Å². The largest absolute Gasteiger partial charge is 0.385 e. The molecule has 152 valence electrons. The Morgan fingerprint density at radius 1 is 1.00 bits per heavy atom. The Morgan fingerprint density at radius 3 is 3.00 bits per heavy atom. The Morgan fingerprint density at radius 2 is 2.00 bits per heavy atom. The predicted molar refractivity (Wildman–Crippen MR) is 118 cm³/mol. The van der Waals surface area contributed by atoms with E-state index in [4.69, 9.17) is 4.98 Å². The maximum Gasteiger partial charge on any atom is 0.0714 e. The van der Waals surface area contributed by atoms with Crippen LogP contribution in [0.4, 0.5) is 11.4 Å². The number of rotatable bonds is 2. The molecule has 6 rings (SSSR count). The van der Waals surface area contributed by atoms with E-state index in [2.05, 4.69) is 49.8 Å². The number of hydrogen-bond acceptors (Lipinski definition) is 6. The van der Waals surface area contributed by atoms with Crippen molar-refractivity contribution < 1.29 is 0 Å². The smallest absolute Gasteiger partial charge is 0.0714 e. The molecule has 0 spiro atoms. The van der Waals surface area contributed by atoms with E-state index in [-0.39, 0.29) is 0 Å². The highest BCUT2D eigenvalue weighted by Crippen LogP contribution is 2.40. The van der Waals surface area contributed by atoms with Gasteiger partial charge in [0.2, 0.25) is 0 Å². The molecule has 30 heavy (non-hydrogen) atoms. The lowest BCUT2D eigenvalue weighted by atomic mass is 9.86. The van der Waals surface area contributed by atoms with E-state index in [1.165, 1.54) is 39.5 Å². The number of pyridine rings is 3. The number of nitrogens with zero attached hydrogens (tertiary/aromatic N) is 4. The minimum Gasteiger partial charge on any atom is -0.385 e. The maximum atomic E-state index is 4.84. The first-order valence-electron chi connectivity index (χ1n) is 10.9. The molecule has 0 fully saturated rings. The minimum atomic E-state index is 0.293. The second-order valence-corrected chi connectivity index (χ2v) is 8.53. The SMILES string of the molecule is c1cnc2c(c1)CN(C1CNc3c(ccnc3C3CCNc4ccncc43)C1)CC2. The van der Waals surface area contributed by atoms with Crippen molar-refractivity contribution >= 4 is 11.4 Å². The second kappa shape index (κ2) is 7.36. The normalized spacial score (nSPS) is 22.8. The molecule has 2 atom stereocenters. The number of fused-ring (bicyclic) bond motifs is 3. The van der Waals surface area contributed by atoms with Gasteiger partial charge in [0.25, 0.3) is 0 Å². The van der Waals surface area contributed by atoms with Crippen LogP contribution in [-0.4, -0.2) is 45.5 Å². The van der Waals surface area contributed by atoms with Gasteiger partial charge in [0.1, 0.15) is 0 Å². The van der Waals surface area contributed by atoms with E-state index in [1.54, 1.807) is 0 Å². The Bertz CT molecular complexity index is 1080. The van der Waals surface area contributed by atoms with Gasteiger partial charge in [0, 0.05) is 86.3 Å². The first-order chi connectivity index (χ1) is 14.9. The summed E-state index contributed by atoms with van der Waals surface area (Å²) in [6.07, 6.45) is 10.9. The van der Waals surface area contributed by atoms with Crippen molar-refractivity contribution in [3.63, 3.8) is 0 Å². The highest BCUT2D eigenvalue weighted by Gasteiger charge is 2.31. The number of aromatic nitrogens is 3. The van der Waals surface area contributed by atoms with Crippen LogP contribution in [0.1, 0.15) is 40.4 Å². The van der Waals surface area contributed by atoms with Gasteiger partial charge in [0.05, 0.1) is 11.4 Å². The van der Waals surface area contributed by atoms with Gasteiger partial charge in [-0.2, -0.15) is 0 Å². The van der Waals surface area contributed by atoms with Crippen molar-refractivity contribution in [3.05, 3.63) is 77.1 Å². The van der Waals surface area contributed by atoms with Crippen molar-refractivity contribution in [2.45, 2.75) is 37.8 Å². The lowest BCUT2D eigenvalue weighted by Crippen LogP contribution is -2.46. The topological polar surface area (TPSA) is 66.0 Å². The Hall–Kier alpha value is -2.99. The van der Waals surface area contributed by atoms with Crippen molar-refractivity contribution in [1.29, 1.82) is 0 Å². The first kappa shape index (κ1) is 17.8. The second-order valence-electron chi connectivity index (χ2n) is 8.53. The zero-order chi connectivity index (χ0) is 19.9. The van der Waals surface area contributed by atoms with Crippen LogP contribution in [0.2, 0.25) is 0 Å². The fraction of sp³-hybridized carbons (Fsp3) is 0.375. The lowest BCUT2D eigenvalue weighted by Gasteiger charge is -2.39. The van der Waals surface area contributed by atoms with Gasteiger partial charge in [-0.15, -0.1) is 0 Å². The monoisotopic (exact) mass is 398 g/mol. The summed E-state index contributed by atoms with van der Waals surface area (Å²) in [7, 11) is 0. The van der Waals surface area contributed by atoms with Crippen LogP contribution in [0.25, 0.3) is 0 Å². The van der Waals surface area contributed by atoms with Gasteiger partial charge in [0.15, 0.2) is 0 Å². The Kier molecular flexibility index (Phi) is 4.38. The van der Waals surface area contributed by atoms with Crippen LogP contribution in [-0.2, 0) is 19.4 Å². The van der Waals surface area contributed by atoms with Gasteiger partial charge in [-0.1, -0.05) is 6.07 Å². The van der Waals surface area contributed by atoms with E-state index < -0.39 is 0 Å². The van der Waals surface area contributed by atoms with Gasteiger partial charge < -0.3 is 10.6 Å². The first-order valence-corrected chi connectivity index (χ1v) is 10.9. The van der Waals surface area contributed by atoms with Gasteiger partial charge in [-0.25, -0.2) is 0 Å². The van der Waals surface area contributed by atoms with Crippen LogP contribution in [0, 0.1) is 0 Å². The summed E-state index contributed by atoms with van der Waals surface area (Å²) >= 11 is 0. The molecule has 6 nitrogen and oxygen atoms in total. The predicted octanol–water partition coefficient (Wildman–Crippen LogP) is 3.21. The molecule has 0 radical (unpaired) electrons. The summed E-state index contributed by atoms with van der Waals surface area (Å²) in [6.45, 7) is 4.01. The van der Waals surface area contributed by atoms with E-state index in [9.17, 15) is 0 Å². The molecule has 3 aliphatic rings. The van der Waals surface area contributed by atoms with Gasteiger partial charge >= 0.3 is 0 Å². The average molecular weight is 399 g/mol. The van der Waals surface area contributed by atoms with Gasteiger partial charge in [-0.05, 0) is 42.2 Å². The number of anilines is 2. The van der Waals surface area contributed by atoms with Crippen LogP contribution < -0.4 is 10.6 Å². The summed E-state index contributed by atoms with van der Waals surface area (Å²) in [5, 5.41) is 7.27. The molecule has 0 saturated carbocycles.